The van der Waals surface area contributed by atoms with Crippen LogP contribution in [0.2, 0.25) is 0 Å². The van der Waals surface area contributed by atoms with E-state index in [0.29, 0.717) is 5.82 Å². The van der Waals surface area contributed by atoms with E-state index < -0.39 is 0 Å². The van der Waals surface area contributed by atoms with Gasteiger partial charge >= 0.3 is 0 Å². The van der Waals surface area contributed by atoms with E-state index in [9.17, 15) is 0 Å². The molecule has 46 heavy (non-hydrogen) atoms. The van der Waals surface area contributed by atoms with Crippen molar-refractivity contribution in [2.24, 2.45) is 0 Å². The van der Waals surface area contributed by atoms with Gasteiger partial charge in [0, 0.05) is 40.0 Å². The van der Waals surface area contributed by atoms with E-state index in [1.807, 2.05) is 30.6 Å². The number of benzene rings is 7. The van der Waals surface area contributed by atoms with Crippen LogP contribution in [0.15, 0.2) is 164 Å². The Labute approximate surface area is 266 Å². The van der Waals surface area contributed by atoms with Gasteiger partial charge in [0.05, 0.1) is 11.4 Å². The lowest BCUT2D eigenvalue weighted by Crippen LogP contribution is -1.97. The second-order valence-corrected chi connectivity index (χ2v) is 11.7. The summed E-state index contributed by atoms with van der Waals surface area (Å²) in [6.45, 7) is 0. The van der Waals surface area contributed by atoms with Gasteiger partial charge in [0.2, 0.25) is 0 Å². The van der Waals surface area contributed by atoms with Crippen LogP contribution in [0, 0.1) is 0 Å². The molecule has 0 fully saturated rings. The van der Waals surface area contributed by atoms with Crippen molar-refractivity contribution in [1.29, 1.82) is 0 Å². The van der Waals surface area contributed by atoms with Crippen LogP contribution in [0.25, 0.3) is 88.1 Å². The van der Waals surface area contributed by atoms with Crippen molar-refractivity contribution < 1.29 is 0 Å². The fourth-order valence-electron chi connectivity index (χ4n) is 6.70. The van der Waals surface area contributed by atoms with E-state index in [1.165, 1.54) is 37.7 Å². The Morgan fingerprint density at radius 3 is 1.83 bits per heavy atom. The van der Waals surface area contributed by atoms with Gasteiger partial charge in [0.15, 0.2) is 5.82 Å². The molecule has 0 atom stereocenters. The van der Waals surface area contributed by atoms with Gasteiger partial charge in [0.25, 0.3) is 0 Å². The highest BCUT2D eigenvalue weighted by Gasteiger charge is 2.17. The summed E-state index contributed by atoms with van der Waals surface area (Å²) in [5.74, 6) is 0.706. The molecular formula is C43H27N3. The Bertz CT molecular complexity index is 2570. The number of hydrogen-bond donors (Lipinski definition) is 0. The summed E-state index contributed by atoms with van der Waals surface area (Å²) < 4.78 is 0. The molecule has 2 heterocycles. The van der Waals surface area contributed by atoms with Crippen molar-refractivity contribution in [3.8, 4) is 45.0 Å². The second-order valence-electron chi connectivity index (χ2n) is 11.7. The number of nitrogens with zero attached hydrogens (tertiary/aromatic N) is 3. The molecule has 0 saturated carbocycles. The Balaban J connectivity index is 1.28. The molecule has 0 radical (unpaired) electrons. The molecule has 0 unspecified atom stereocenters. The third kappa shape index (κ3) is 4.41. The van der Waals surface area contributed by atoms with Crippen LogP contribution < -0.4 is 0 Å². The molecule has 9 rings (SSSR count). The maximum absolute atomic E-state index is 5.26. The van der Waals surface area contributed by atoms with Crippen LogP contribution in [-0.4, -0.2) is 15.0 Å². The highest BCUT2D eigenvalue weighted by molar-refractivity contribution is 6.19. The first-order chi connectivity index (χ1) is 22.8. The summed E-state index contributed by atoms with van der Waals surface area (Å²) >= 11 is 0. The summed E-state index contributed by atoms with van der Waals surface area (Å²) in [4.78, 5) is 14.9. The molecule has 9 aromatic rings. The number of aromatic nitrogens is 3. The van der Waals surface area contributed by atoms with Crippen LogP contribution in [0.3, 0.4) is 0 Å². The molecule has 214 valence electrons. The molecule has 0 spiro atoms. The van der Waals surface area contributed by atoms with E-state index in [0.717, 1.165) is 44.6 Å². The predicted octanol–water partition coefficient (Wildman–Crippen LogP) is 11.2. The monoisotopic (exact) mass is 585 g/mol. The molecule has 0 bridgehead atoms. The van der Waals surface area contributed by atoms with Gasteiger partial charge in [-0.2, -0.15) is 0 Å². The topological polar surface area (TPSA) is 38.7 Å². The van der Waals surface area contributed by atoms with Gasteiger partial charge in [0.1, 0.15) is 0 Å². The minimum Gasteiger partial charge on any atom is -0.263 e. The van der Waals surface area contributed by atoms with Crippen LogP contribution in [-0.2, 0) is 0 Å². The number of fused-ring (bicyclic) bond motifs is 5. The molecule has 0 saturated heterocycles. The quantitative estimate of drug-likeness (QED) is 0.152. The third-order valence-corrected chi connectivity index (χ3v) is 8.94. The van der Waals surface area contributed by atoms with Crippen LogP contribution in [0.1, 0.15) is 0 Å². The minimum atomic E-state index is 0.706. The number of pyridine rings is 1. The highest BCUT2D eigenvalue weighted by atomic mass is 14.9. The van der Waals surface area contributed by atoms with Crippen LogP contribution in [0.4, 0.5) is 0 Å². The molecular weight excluding hydrogens is 558 g/mol. The average Bonchev–Trinajstić information content (AvgIpc) is 3.14. The van der Waals surface area contributed by atoms with Crippen LogP contribution in [0.5, 0.6) is 0 Å². The lowest BCUT2D eigenvalue weighted by Gasteiger charge is -2.15. The maximum Gasteiger partial charge on any atom is 0.160 e. The van der Waals surface area contributed by atoms with Gasteiger partial charge in [-0.05, 0) is 55.4 Å². The fourth-order valence-corrected chi connectivity index (χ4v) is 6.70. The lowest BCUT2D eigenvalue weighted by molar-refractivity contribution is 1.19. The summed E-state index contributed by atoms with van der Waals surface area (Å²) in [6, 6.07) is 53.5. The Kier molecular flexibility index (Phi) is 6.14. The molecule has 2 aromatic heterocycles. The van der Waals surface area contributed by atoms with Gasteiger partial charge in [-0.25, -0.2) is 9.97 Å². The molecule has 7 aromatic carbocycles. The first-order valence-electron chi connectivity index (χ1n) is 15.5. The largest absolute Gasteiger partial charge is 0.263 e. The minimum absolute atomic E-state index is 0.706. The zero-order valence-corrected chi connectivity index (χ0v) is 24.9. The van der Waals surface area contributed by atoms with Crippen molar-refractivity contribution in [2.75, 3.05) is 0 Å². The number of hydrogen-bond acceptors (Lipinski definition) is 3. The predicted molar refractivity (Wildman–Crippen MR) is 192 cm³/mol. The van der Waals surface area contributed by atoms with E-state index >= 15 is 0 Å². The summed E-state index contributed by atoms with van der Waals surface area (Å²) in [5.41, 5.74) is 7.17. The maximum atomic E-state index is 5.26. The molecule has 0 aliphatic rings. The van der Waals surface area contributed by atoms with Crippen molar-refractivity contribution in [3.63, 3.8) is 0 Å². The molecule has 0 amide bonds. The van der Waals surface area contributed by atoms with Gasteiger partial charge in [-0.15, -0.1) is 0 Å². The van der Waals surface area contributed by atoms with Gasteiger partial charge in [-0.1, -0.05) is 140 Å². The molecule has 0 aliphatic carbocycles. The van der Waals surface area contributed by atoms with Crippen molar-refractivity contribution >= 4 is 43.1 Å². The summed E-state index contributed by atoms with van der Waals surface area (Å²) in [5, 5.41) is 9.56. The van der Waals surface area contributed by atoms with Crippen molar-refractivity contribution in [3.05, 3.63) is 164 Å². The Morgan fingerprint density at radius 2 is 1.00 bits per heavy atom. The molecule has 0 aliphatic heterocycles. The van der Waals surface area contributed by atoms with E-state index in [1.54, 1.807) is 0 Å². The summed E-state index contributed by atoms with van der Waals surface area (Å²) in [6.07, 6.45) is 3.86. The van der Waals surface area contributed by atoms with Crippen molar-refractivity contribution in [2.45, 2.75) is 0 Å². The fraction of sp³-hybridized carbons (Fsp3) is 0. The molecule has 0 N–H and O–H groups in total. The third-order valence-electron chi connectivity index (χ3n) is 8.94. The van der Waals surface area contributed by atoms with Gasteiger partial charge in [-0.3, -0.25) is 4.98 Å². The van der Waals surface area contributed by atoms with E-state index in [4.69, 9.17) is 9.97 Å². The zero-order valence-electron chi connectivity index (χ0n) is 24.9. The van der Waals surface area contributed by atoms with Crippen LogP contribution >= 0.6 is 0 Å². The first kappa shape index (κ1) is 26.2. The average molecular weight is 586 g/mol. The smallest absolute Gasteiger partial charge is 0.160 e. The first-order valence-corrected chi connectivity index (χ1v) is 15.5. The normalized spacial score (nSPS) is 11.5. The van der Waals surface area contributed by atoms with E-state index in [-0.39, 0.29) is 0 Å². The van der Waals surface area contributed by atoms with Crippen molar-refractivity contribution in [1.82, 2.24) is 15.0 Å². The van der Waals surface area contributed by atoms with Gasteiger partial charge < -0.3 is 0 Å². The lowest BCUT2D eigenvalue weighted by atomic mass is 9.91. The SMILES string of the molecule is c1ccc(-c2nc(-c3ccc(-c4cncc5ccccc45)cc3)cc(-c3c4ccccc4cc4c3ccc3ccccc34)n2)cc1. The second kappa shape index (κ2) is 10.8. The highest BCUT2D eigenvalue weighted by Crippen LogP contribution is 2.40. The Hall–Kier alpha value is -6.19. The van der Waals surface area contributed by atoms with E-state index in [2.05, 4.69) is 138 Å². The molecule has 3 heteroatoms. The Morgan fingerprint density at radius 1 is 0.348 bits per heavy atom. The molecule has 3 nitrogen and oxygen atoms in total. The summed E-state index contributed by atoms with van der Waals surface area (Å²) in [7, 11) is 0. The standard InChI is InChI=1S/C43H27N3/c1-2-11-31(12-3-1)43-45-40(30-20-18-29(19-21-30)39-27-44-26-33-14-6-8-16-35(33)39)25-41(46-43)42-36-17-9-5-13-32(36)24-38-34-15-7-4-10-28(34)22-23-37(38)42/h1-27H. The number of rotatable bonds is 4. The zero-order chi connectivity index (χ0) is 30.5.